The van der Waals surface area contributed by atoms with Crippen molar-refractivity contribution in [2.75, 3.05) is 27.3 Å². The van der Waals surface area contributed by atoms with Crippen LogP contribution in [0.5, 0.6) is 0 Å². The third-order valence-electron chi connectivity index (χ3n) is 6.69. The fraction of sp³-hybridized carbons (Fsp3) is 0.414. The van der Waals surface area contributed by atoms with E-state index in [0.717, 1.165) is 23.3 Å². The minimum atomic E-state index is -1.89. The van der Waals surface area contributed by atoms with Crippen molar-refractivity contribution >= 4 is 17.7 Å². The van der Waals surface area contributed by atoms with Crippen LogP contribution in [0, 0.1) is 11.8 Å². The molecule has 0 spiro atoms. The lowest BCUT2D eigenvalue weighted by atomic mass is 9.96. The van der Waals surface area contributed by atoms with Crippen LogP contribution in [0.4, 0.5) is 0 Å². The molecule has 1 fully saturated rings. The zero-order chi connectivity index (χ0) is 28.4. The topological polar surface area (TPSA) is 137 Å². The fourth-order valence-corrected chi connectivity index (χ4v) is 3.99. The number of rotatable bonds is 9. The largest absolute Gasteiger partial charge is 0.396 e. The Morgan fingerprint density at radius 1 is 1.08 bits per heavy atom. The second kappa shape index (κ2) is 13.9. The predicted molar refractivity (Wildman–Crippen MR) is 143 cm³/mol. The van der Waals surface area contributed by atoms with Crippen molar-refractivity contribution in [2.24, 2.45) is 0 Å². The quantitative estimate of drug-likeness (QED) is 0.217. The van der Waals surface area contributed by atoms with Crippen molar-refractivity contribution in [3.8, 4) is 11.8 Å². The van der Waals surface area contributed by atoms with Gasteiger partial charge in [0.25, 0.3) is 17.7 Å². The summed E-state index contributed by atoms with van der Waals surface area (Å²) in [5.41, 5.74) is 2.77. The molecule has 208 valence electrons. The first-order valence-corrected chi connectivity index (χ1v) is 12.8. The first-order chi connectivity index (χ1) is 18.7. The maximum absolute atomic E-state index is 13.3. The number of aliphatic hydroxyl groups excluding tert-OH is 2. The molecule has 2 aromatic carbocycles. The summed E-state index contributed by atoms with van der Waals surface area (Å²) in [7, 11) is 2.76. The maximum Gasteiger partial charge on any atom is 0.279 e. The van der Waals surface area contributed by atoms with Gasteiger partial charge in [0.2, 0.25) is 0 Å². The average molecular weight is 538 g/mol. The van der Waals surface area contributed by atoms with E-state index in [0.29, 0.717) is 24.2 Å². The van der Waals surface area contributed by atoms with Crippen molar-refractivity contribution in [2.45, 2.75) is 50.5 Å². The number of hydrogen-bond donors (Lipinski definition) is 4. The van der Waals surface area contributed by atoms with Crippen LogP contribution in [0.3, 0.4) is 0 Å². The lowest BCUT2D eigenvalue weighted by Gasteiger charge is -2.36. The average Bonchev–Trinajstić information content (AvgIpc) is 2.98. The van der Waals surface area contributed by atoms with Crippen LogP contribution in [0.25, 0.3) is 0 Å². The SMILES string of the molecule is CNC(=O)[C@@](C)(C(=O)NOC1CCCCO1)N(C)C(=O)c1ccc(C#Cc2ccc(C(O)CCO)cc2)cc1. The number of likely N-dealkylation sites (N-methyl/N-ethyl adjacent to an activating group) is 2. The standard InChI is InChI=1S/C29H35N3O7/c1-29(27(36)30-2,28(37)31-39-25-6-4-5-19-38-25)32(3)26(35)23-15-11-21(12-16-23)8-7-20-9-13-22(14-10-20)24(34)17-18-33/h9-16,24-25,33-34H,4-6,17-19H2,1-3H3,(H,30,36)(H,31,37)/t24?,25?,29-/m0/s1. The Balaban J connectivity index is 1.69. The zero-order valence-electron chi connectivity index (χ0n) is 22.4. The molecule has 3 rings (SSSR count). The highest BCUT2D eigenvalue weighted by molar-refractivity contribution is 6.12. The Labute approximate surface area is 228 Å². The number of hydroxylamine groups is 1. The highest BCUT2D eigenvalue weighted by Crippen LogP contribution is 2.20. The summed E-state index contributed by atoms with van der Waals surface area (Å²) in [4.78, 5) is 45.5. The molecule has 10 nitrogen and oxygen atoms in total. The van der Waals surface area contributed by atoms with Crippen LogP contribution in [0.2, 0.25) is 0 Å². The Morgan fingerprint density at radius 2 is 1.69 bits per heavy atom. The monoisotopic (exact) mass is 537 g/mol. The van der Waals surface area contributed by atoms with E-state index in [1.54, 1.807) is 48.5 Å². The lowest BCUT2D eigenvalue weighted by molar-refractivity contribution is -0.204. The Kier molecular flexibility index (Phi) is 10.6. The molecule has 3 amide bonds. The molecule has 0 aromatic heterocycles. The predicted octanol–water partition coefficient (Wildman–Crippen LogP) is 1.65. The van der Waals surface area contributed by atoms with Gasteiger partial charge in [-0.25, -0.2) is 10.3 Å². The van der Waals surface area contributed by atoms with Gasteiger partial charge in [-0.05, 0) is 61.7 Å². The van der Waals surface area contributed by atoms with Gasteiger partial charge in [0.1, 0.15) is 0 Å². The van der Waals surface area contributed by atoms with Gasteiger partial charge in [-0.3, -0.25) is 14.4 Å². The number of nitrogens with one attached hydrogen (secondary N) is 2. The summed E-state index contributed by atoms with van der Waals surface area (Å²) >= 11 is 0. The van der Waals surface area contributed by atoms with Crippen LogP contribution in [0.1, 0.15) is 65.8 Å². The van der Waals surface area contributed by atoms with E-state index in [4.69, 9.17) is 14.7 Å². The van der Waals surface area contributed by atoms with Crippen molar-refractivity contribution in [1.82, 2.24) is 15.7 Å². The number of hydrogen-bond acceptors (Lipinski definition) is 7. The molecule has 0 radical (unpaired) electrons. The molecule has 1 heterocycles. The third kappa shape index (κ3) is 7.43. The second-order valence-electron chi connectivity index (χ2n) is 9.34. The number of nitrogens with zero attached hydrogens (tertiary/aromatic N) is 1. The third-order valence-corrected chi connectivity index (χ3v) is 6.69. The molecule has 1 aliphatic rings. The van der Waals surface area contributed by atoms with Gasteiger partial charge in [0.15, 0.2) is 11.8 Å². The number of aliphatic hydroxyl groups is 2. The second-order valence-corrected chi connectivity index (χ2v) is 9.34. The van der Waals surface area contributed by atoms with E-state index in [9.17, 15) is 19.5 Å². The number of carbonyl (C=O) groups is 3. The minimum absolute atomic E-state index is 0.0977. The van der Waals surface area contributed by atoms with E-state index in [2.05, 4.69) is 22.6 Å². The number of ether oxygens (including phenoxy) is 1. The van der Waals surface area contributed by atoms with Gasteiger partial charge in [-0.1, -0.05) is 24.0 Å². The van der Waals surface area contributed by atoms with E-state index in [1.165, 1.54) is 21.0 Å². The van der Waals surface area contributed by atoms with Gasteiger partial charge in [-0.15, -0.1) is 0 Å². The van der Waals surface area contributed by atoms with Crippen LogP contribution in [-0.2, 0) is 19.2 Å². The normalized spacial score (nSPS) is 17.1. The van der Waals surface area contributed by atoms with Crippen LogP contribution in [-0.4, -0.2) is 72.0 Å². The molecule has 4 N–H and O–H groups in total. The van der Waals surface area contributed by atoms with Crippen LogP contribution in [0.15, 0.2) is 48.5 Å². The van der Waals surface area contributed by atoms with Gasteiger partial charge in [0.05, 0.1) is 6.10 Å². The number of carbonyl (C=O) groups excluding carboxylic acids is 3. The molecule has 39 heavy (non-hydrogen) atoms. The summed E-state index contributed by atoms with van der Waals surface area (Å²) < 4.78 is 5.44. The van der Waals surface area contributed by atoms with E-state index in [1.807, 2.05) is 0 Å². The minimum Gasteiger partial charge on any atom is -0.396 e. The smallest absolute Gasteiger partial charge is 0.279 e. The molecular weight excluding hydrogens is 502 g/mol. The van der Waals surface area contributed by atoms with E-state index >= 15 is 0 Å². The van der Waals surface area contributed by atoms with Crippen molar-refractivity contribution in [1.29, 1.82) is 0 Å². The fourth-order valence-electron chi connectivity index (χ4n) is 3.99. The number of benzene rings is 2. The van der Waals surface area contributed by atoms with Crippen molar-refractivity contribution in [3.63, 3.8) is 0 Å². The summed E-state index contributed by atoms with van der Waals surface area (Å²) in [5, 5.41) is 21.4. The zero-order valence-corrected chi connectivity index (χ0v) is 22.4. The van der Waals surface area contributed by atoms with Gasteiger partial charge in [-0.2, -0.15) is 0 Å². The maximum atomic E-state index is 13.3. The van der Waals surface area contributed by atoms with Gasteiger partial charge in [0, 0.05) is 56.8 Å². The Hall–Kier alpha value is -3.75. The Morgan fingerprint density at radius 3 is 2.23 bits per heavy atom. The molecule has 0 bridgehead atoms. The number of amides is 3. The highest BCUT2D eigenvalue weighted by Gasteiger charge is 2.47. The molecule has 10 heteroatoms. The lowest BCUT2D eigenvalue weighted by Crippen LogP contribution is -2.65. The van der Waals surface area contributed by atoms with Crippen molar-refractivity contribution < 1.29 is 34.2 Å². The van der Waals surface area contributed by atoms with Gasteiger partial charge >= 0.3 is 0 Å². The van der Waals surface area contributed by atoms with Gasteiger partial charge < -0.3 is 25.2 Å². The Bertz CT molecular complexity index is 1200. The molecule has 1 saturated heterocycles. The van der Waals surface area contributed by atoms with E-state index in [-0.39, 0.29) is 18.6 Å². The van der Waals surface area contributed by atoms with E-state index < -0.39 is 35.7 Å². The molecule has 0 aliphatic carbocycles. The van der Waals surface area contributed by atoms with Crippen molar-refractivity contribution in [3.05, 3.63) is 70.8 Å². The first-order valence-electron chi connectivity index (χ1n) is 12.8. The summed E-state index contributed by atoms with van der Waals surface area (Å²) in [6.07, 6.45) is 1.35. The molecule has 3 atom stereocenters. The first kappa shape index (κ1) is 29.8. The summed E-state index contributed by atoms with van der Waals surface area (Å²) in [6.45, 7) is 1.77. The molecule has 2 aromatic rings. The molecule has 0 saturated carbocycles. The van der Waals surface area contributed by atoms with Crippen LogP contribution >= 0.6 is 0 Å². The molecule has 1 aliphatic heterocycles. The molecule has 2 unspecified atom stereocenters. The summed E-state index contributed by atoms with van der Waals surface area (Å²) in [6, 6.07) is 13.6. The van der Waals surface area contributed by atoms with Crippen LogP contribution < -0.4 is 10.8 Å². The highest BCUT2D eigenvalue weighted by atomic mass is 16.8. The molecular formula is C29H35N3O7. The summed E-state index contributed by atoms with van der Waals surface area (Å²) in [5.74, 6) is 4.03.